The molecule has 0 spiro atoms. The van der Waals surface area contributed by atoms with Crippen LogP contribution in [0.3, 0.4) is 0 Å². The van der Waals surface area contributed by atoms with Gasteiger partial charge >= 0.3 is 0 Å². The quantitative estimate of drug-likeness (QED) is 0.767. The highest BCUT2D eigenvalue weighted by Crippen LogP contribution is 2.28. The van der Waals surface area contributed by atoms with Gasteiger partial charge in [0.25, 0.3) is 10.0 Å². The van der Waals surface area contributed by atoms with Gasteiger partial charge in [-0.2, -0.15) is 4.31 Å². The van der Waals surface area contributed by atoms with Gasteiger partial charge in [-0.3, -0.25) is 4.79 Å². The van der Waals surface area contributed by atoms with Gasteiger partial charge in [-0.05, 0) is 55.7 Å². The molecule has 0 radical (unpaired) electrons. The number of benzene rings is 1. The predicted molar refractivity (Wildman–Crippen MR) is 113 cm³/mol. The summed E-state index contributed by atoms with van der Waals surface area (Å²) in [6.07, 6.45) is 2.20. The summed E-state index contributed by atoms with van der Waals surface area (Å²) in [7, 11) is -3.51. The summed E-state index contributed by atoms with van der Waals surface area (Å²) in [6.45, 7) is 6.89. The fraction of sp³-hybridized carbons (Fsp3) is 0.476. The lowest BCUT2D eigenvalue weighted by molar-refractivity contribution is -0.126. The predicted octanol–water partition coefficient (Wildman–Crippen LogP) is 4.03. The number of nitrogens with one attached hydrogen (secondary N) is 1. The molecule has 7 heteroatoms. The maximum absolute atomic E-state index is 12.9. The Kier molecular flexibility index (Phi) is 6.58. The van der Waals surface area contributed by atoms with E-state index in [2.05, 4.69) is 44.3 Å². The Hall–Kier alpha value is -1.70. The van der Waals surface area contributed by atoms with Crippen molar-refractivity contribution in [3.63, 3.8) is 0 Å². The van der Waals surface area contributed by atoms with Crippen LogP contribution in [-0.4, -0.2) is 31.7 Å². The number of rotatable bonds is 6. The number of hydrogen-bond acceptors (Lipinski definition) is 4. The number of thiophene rings is 1. The summed E-state index contributed by atoms with van der Waals surface area (Å²) in [5.74, 6) is -0.374. The van der Waals surface area contributed by atoms with Gasteiger partial charge in [-0.25, -0.2) is 8.42 Å². The zero-order valence-electron chi connectivity index (χ0n) is 16.6. The second-order valence-electron chi connectivity index (χ2n) is 7.46. The highest BCUT2D eigenvalue weighted by molar-refractivity contribution is 7.91. The summed E-state index contributed by atoms with van der Waals surface area (Å²) in [5, 5.41) is 4.92. The number of piperidine rings is 1. The molecule has 0 unspecified atom stereocenters. The average molecular weight is 421 g/mol. The number of amides is 1. The molecule has 0 aliphatic carbocycles. The minimum absolute atomic E-state index is 0.0575. The highest BCUT2D eigenvalue weighted by atomic mass is 32.2. The van der Waals surface area contributed by atoms with Crippen LogP contribution < -0.4 is 5.32 Å². The maximum atomic E-state index is 12.9. The Morgan fingerprint density at radius 3 is 2.75 bits per heavy atom. The van der Waals surface area contributed by atoms with Gasteiger partial charge < -0.3 is 5.32 Å². The van der Waals surface area contributed by atoms with E-state index < -0.39 is 10.0 Å². The second kappa shape index (κ2) is 8.76. The molecule has 0 saturated carbocycles. The lowest BCUT2D eigenvalue weighted by Crippen LogP contribution is -2.45. The third-order valence-electron chi connectivity index (χ3n) is 5.37. The van der Waals surface area contributed by atoms with Gasteiger partial charge in [0.05, 0.1) is 12.0 Å². The monoisotopic (exact) mass is 420 g/mol. The smallest absolute Gasteiger partial charge is 0.252 e. The van der Waals surface area contributed by atoms with E-state index in [9.17, 15) is 13.2 Å². The van der Waals surface area contributed by atoms with Gasteiger partial charge in [-0.1, -0.05) is 36.8 Å². The van der Waals surface area contributed by atoms with Crippen LogP contribution in [0.25, 0.3) is 0 Å². The van der Waals surface area contributed by atoms with E-state index in [0.29, 0.717) is 23.6 Å². The van der Waals surface area contributed by atoms with E-state index in [1.54, 1.807) is 17.5 Å². The van der Waals surface area contributed by atoms with Crippen LogP contribution in [0.2, 0.25) is 0 Å². The van der Waals surface area contributed by atoms with Crippen molar-refractivity contribution < 1.29 is 13.2 Å². The molecule has 1 fully saturated rings. The van der Waals surface area contributed by atoms with Gasteiger partial charge in [0.15, 0.2) is 0 Å². The number of hydrogen-bond donors (Lipinski definition) is 1. The van der Waals surface area contributed by atoms with Crippen molar-refractivity contribution in [2.24, 2.45) is 5.92 Å². The molecule has 1 N–H and O–H groups in total. The first-order chi connectivity index (χ1) is 13.3. The molecule has 5 nitrogen and oxygen atoms in total. The van der Waals surface area contributed by atoms with Gasteiger partial charge in [0, 0.05) is 13.1 Å². The molecule has 1 aromatic carbocycles. The number of aryl methyl sites for hydroxylation is 2. The lowest BCUT2D eigenvalue weighted by atomic mass is 9.95. The average Bonchev–Trinajstić information content (AvgIpc) is 3.22. The van der Waals surface area contributed by atoms with Gasteiger partial charge in [0.2, 0.25) is 5.91 Å². The molecule has 2 aromatic rings. The Morgan fingerprint density at radius 2 is 2.11 bits per heavy atom. The molecule has 2 heterocycles. The molecule has 1 aliphatic heterocycles. The molecule has 1 amide bonds. The number of nitrogens with zero attached hydrogens (tertiary/aromatic N) is 1. The van der Waals surface area contributed by atoms with E-state index in [1.165, 1.54) is 21.2 Å². The van der Waals surface area contributed by atoms with Crippen LogP contribution in [0.5, 0.6) is 0 Å². The Morgan fingerprint density at radius 1 is 1.32 bits per heavy atom. The molecule has 1 saturated heterocycles. The molecule has 3 rings (SSSR count). The molecule has 0 bridgehead atoms. The topological polar surface area (TPSA) is 66.5 Å². The van der Waals surface area contributed by atoms with Crippen molar-refractivity contribution in [3.05, 3.63) is 52.4 Å². The zero-order valence-corrected chi connectivity index (χ0v) is 18.3. The molecule has 28 heavy (non-hydrogen) atoms. The van der Waals surface area contributed by atoms with E-state index in [-0.39, 0.29) is 24.4 Å². The number of carbonyl (C=O) groups is 1. The minimum atomic E-state index is -3.51. The summed E-state index contributed by atoms with van der Waals surface area (Å²) in [4.78, 5) is 12.9. The summed E-state index contributed by atoms with van der Waals surface area (Å²) < 4.78 is 27.4. The van der Waals surface area contributed by atoms with Crippen LogP contribution in [0, 0.1) is 19.8 Å². The minimum Gasteiger partial charge on any atom is -0.349 e. The van der Waals surface area contributed by atoms with Crippen molar-refractivity contribution in [2.45, 2.75) is 50.3 Å². The van der Waals surface area contributed by atoms with Crippen LogP contribution in [0.4, 0.5) is 0 Å². The normalized spacial score (nSPS) is 19.3. The summed E-state index contributed by atoms with van der Waals surface area (Å²) in [6, 6.07) is 9.57. The molecule has 1 aliphatic rings. The van der Waals surface area contributed by atoms with Crippen LogP contribution >= 0.6 is 11.3 Å². The van der Waals surface area contributed by atoms with Crippen LogP contribution in [-0.2, 0) is 14.8 Å². The SMILES string of the molecule is CC[C@@H](NC(=O)[C@@H]1CCCN(S(=O)(=O)c2cccs2)C1)c1ccc(C)cc1C. The van der Waals surface area contributed by atoms with Crippen LogP contribution in [0.1, 0.15) is 48.9 Å². The van der Waals surface area contributed by atoms with Gasteiger partial charge in [0.1, 0.15) is 4.21 Å². The Labute approximate surface area is 171 Å². The van der Waals surface area contributed by atoms with Crippen molar-refractivity contribution in [1.29, 1.82) is 0 Å². The number of sulfonamides is 1. The Balaban J connectivity index is 1.71. The molecule has 1 aromatic heterocycles. The second-order valence-corrected chi connectivity index (χ2v) is 10.6. The van der Waals surface area contributed by atoms with Crippen LogP contribution in [0.15, 0.2) is 39.9 Å². The first-order valence-electron chi connectivity index (χ1n) is 9.74. The first kappa shape index (κ1) is 21.0. The molecular formula is C21H28N2O3S2. The van der Waals surface area contributed by atoms with Crippen molar-refractivity contribution in [1.82, 2.24) is 9.62 Å². The summed E-state index contributed by atoms with van der Waals surface area (Å²) >= 11 is 1.22. The number of carbonyl (C=O) groups excluding carboxylic acids is 1. The fourth-order valence-electron chi connectivity index (χ4n) is 3.82. The van der Waals surface area contributed by atoms with Crippen molar-refractivity contribution >= 4 is 27.3 Å². The molecule has 2 atom stereocenters. The largest absolute Gasteiger partial charge is 0.349 e. The lowest BCUT2D eigenvalue weighted by Gasteiger charge is -2.32. The standard InChI is InChI=1S/C21H28N2O3S2/c1-4-19(18-10-9-15(2)13-16(18)3)22-21(24)17-7-5-11-23(14-17)28(25,26)20-8-6-12-27-20/h6,8-10,12-13,17,19H,4-5,7,11,14H2,1-3H3,(H,22,24)/t17-,19-/m1/s1. The summed E-state index contributed by atoms with van der Waals surface area (Å²) in [5.41, 5.74) is 3.49. The van der Waals surface area contributed by atoms with Gasteiger partial charge in [-0.15, -0.1) is 11.3 Å². The third-order valence-corrected chi connectivity index (χ3v) is 8.61. The van der Waals surface area contributed by atoms with Crippen molar-refractivity contribution in [3.8, 4) is 0 Å². The van der Waals surface area contributed by atoms with E-state index in [0.717, 1.165) is 17.5 Å². The highest BCUT2D eigenvalue weighted by Gasteiger charge is 2.34. The molecule has 152 valence electrons. The first-order valence-corrected chi connectivity index (χ1v) is 12.1. The third kappa shape index (κ3) is 4.47. The molecular weight excluding hydrogens is 392 g/mol. The fourth-order valence-corrected chi connectivity index (χ4v) is 6.49. The van der Waals surface area contributed by atoms with E-state index in [4.69, 9.17) is 0 Å². The Bertz CT molecular complexity index is 923. The maximum Gasteiger partial charge on any atom is 0.252 e. The van der Waals surface area contributed by atoms with Crippen molar-refractivity contribution in [2.75, 3.05) is 13.1 Å². The van der Waals surface area contributed by atoms with E-state index >= 15 is 0 Å². The van der Waals surface area contributed by atoms with E-state index in [1.807, 2.05) is 0 Å². The zero-order chi connectivity index (χ0) is 20.3.